The maximum absolute atomic E-state index is 13.1. The van der Waals surface area contributed by atoms with E-state index < -0.39 is 10.0 Å². The Hall–Kier alpha value is -2.07. The van der Waals surface area contributed by atoms with Crippen LogP contribution in [0.15, 0.2) is 40.6 Å². The van der Waals surface area contributed by atoms with Crippen molar-refractivity contribution in [2.45, 2.75) is 37.1 Å². The van der Waals surface area contributed by atoms with Gasteiger partial charge < -0.3 is 4.90 Å². The van der Waals surface area contributed by atoms with Crippen LogP contribution in [0, 0.1) is 5.92 Å². The van der Waals surface area contributed by atoms with Crippen LogP contribution in [-0.2, 0) is 21.2 Å². The van der Waals surface area contributed by atoms with Crippen molar-refractivity contribution in [2.24, 2.45) is 5.92 Å². The van der Waals surface area contributed by atoms with E-state index >= 15 is 0 Å². The van der Waals surface area contributed by atoms with Crippen molar-refractivity contribution in [3.8, 4) is 0 Å². The second-order valence-corrected chi connectivity index (χ2v) is 12.1. The summed E-state index contributed by atoms with van der Waals surface area (Å²) in [5.41, 5.74) is 1.90. The van der Waals surface area contributed by atoms with Crippen LogP contribution in [0.5, 0.6) is 0 Å². The first-order chi connectivity index (χ1) is 15.8. The van der Waals surface area contributed by atoms with E-state index in [-0.39, 0.29) is 29.7 Å². The summed E-state index contributed by atoms with van der Waals surface area (Å²) in [6.07, 6.45) is 3.46. The Balaban J connectivity index is 1.20. The Labute approximate surface area is 199 Å². The molecule has 1 saturated heterocycles. The highest BCUT2D eigenvalue weighted by Gasteiger charge is 2.41. The zero-order valence-electron chi connectivity index (χ0n) is 18.8. The quantitative estimate of drug-likeness (QED) is 0.586. The molecule has 2 aromatic rings. The third-order valence-corrected chi connectivity index (χ3v) is 9.92. The molecule has 0 spiro atoms. The molecule has 3 heterocycles. The molecule has 1 aromatic heterocycles. The number of piperazine rings is 1. The van der Waals surface area contributed by atoms with Gasteiger partial charge in [-0.1, -0.05) is 12.1 Å². The average molecular weight is 488 g/mol. The van der Waals surface area contributed by atoms with Crippen LogP contribution in [0.3, 0.4) is 0 Å². The number of thiophene rings is 1. The predicted molar refractivity (Wildman–Crippen MR) is 127 cm³/mol. The molecule has 7 nitrogen and oxygen atoms in total. The number of nitrogens with zero attached hydrogens (tertiary/aromatic N) is 3. The number of benzene rings is 1. The van der Waals surface area contributed by atoms with Gasteiger partial charge in [0.25, 0.3) is 0 Å². The first kappa shape index (κ1) is 22.7. The molecule has 5 rings (SSSR count). The zero-order chi connectivity index (χ0) is 23.2. The molecule has 0 N–H and O–H groups in total. The summed E-state index contributed by atoms with van der Waals surface area (Å²) in [5.74, 6) is 0.643. The van der Waals surface area contributed by atoms with Crippen LogP contribution in [0.25, 0.3) is 0 Å². The Kier molecular flexibility index (Phi) is 6.15. The van der Waals surface area contributed by atoms with Gasteiger partial charge in [-0.15, -0.1) is 11.3 Å². The fourth-order valence-electron chi connectivity index (χ4n) is 5.00. The highest BCUT2D eigenvalue weighted by atomic mass is 32.2. The van der Waals surface area contributed by atoms with Crippen LogP contribution in [-0.4, -0.2) is 73.5 Å². The second kappa shape index (κ2) is 8.94. The van der Waals surface area contributed by atoms with Crippen LogP contribution in [0.1, 0.15) is 46.6 Å². The molecule has 0 bridgehead atoms. The fourth-order valence-corrected chi connectivity index (χ4v) is 7.34. The molecule has 0 radical (unpaired) electrons. The van der Waals surface area contributed by atoms with Crippen molar-refractivity contribution in [3.05, 3.63) is 51.7 Å². The summed E-state index contributed by atoms with van der Waals surface area (Å²) in [7, 11) is -3.64. The number of amides is 1. The number of hydrogen-bond acceptors (Lipinski definition) is 6. The Morgan fingerprint density at radius 3 is 2.33 bits per heavy atom. The first-order valence-electron chi connectivity index (χ1n) is 11.5. The Morgan fingerprint density at radius 2 is 1.70 bits per heavy atom. The lowest BCUT2D eigenvalue weighted by Gasteiger charge is -2.39. The molecule has 9 heteroatoms. The van der Waals surface area contributed by atoms with E-state index in [1.807, 2.05) is 11.3 Å². The van der Waals surface area contributed by atoms with E-state index in [1.54, 1.807) is 17.0 Å². The monoisotopic (exact) mass is 487 g/mol. The summed E-state index contributed by atoms with van der Waals surface area (Å²) < 4.78 is 27.5. The topological polar surface area (TPSA) is 78.0 Å². The van der Waals surface area contributed by atoms with Gasteiger partial charge in [0.2, 0.25) is 15.9 Å². The summed E-state index contributed by atoms with van der Waals surface area (Å²) in [6.45, 7) is 4.12. The maximum atomic E-state index is 13.1. The third kappa shape index (κ3) is 4.51. The van der Waals surface area contributed by atoms with E-state index in [0.29, 0.717) is 37.2 Å². The molecule has 2 fully saturated rings. The molecule has 33 heavy (non-hydrogen) atoms. The molecule has 1 aliphatic carbocycles. The molecular weight excluding hydrogens is 458 g/mol. The minimum absolute atomic E-state index is 0.0854. The molecular formula is C24H29N3O4S2. The van der Waals surface area contributed by atoms with E-state index in [2.05, 4.69) is 16.3 Å². The number of rotatable bonds is 6. The van der Waals surface area contributed by atoms with Gasteiger partial charge in [-0.3, -0.25) is 14.5 Å². The molecule has 2 aliphatic heterocycles. The fraction of sp³-hybridized carbons (Fsp3) is 0.500. The number of Topliss-reactive ketones (excluding diaryl/α,β-unsaturated/α-hetero) is 1. The Bertz CT molecular complexity index is 1150. The minimum atomic E-state index is -3.64. The van der Waals surface area contributed by atoms with E-state index in [4.69, 9.17) is 0 Å². The van der Waals surface area contributed by atoms with Gasteiger partial charge in [-0.25, -0.2) is 8.42 Å². The zero-order valence-corrected chi connectivity index (χ0v) is 20.4. The molecule has 1 amide bonds. The lowest BCUT2D eigenvalue weighted by atomic mass is 9.96. The number of hydrogen-bond donors (Lipinski definition) is 0. The van der Waals surface area contributed by atoms with Crippen LogP contribution in [0.2, 0.25) is 0 Å². The molecule has 176 valence electrons. The van der Waals surface area contributed by atoms with Crippen LogP contribution in [0.4, 0.5) is 0 Å². The van der Waals surface area contributed by atoms with Gasteiger partial charge in [-0.2, -0.15) is 4.31 Å². The number of ketones is 1. The molecule has 1 saturated carbocycles. The van der Waals surface area contributed by atoms with Crippen LogP contribution < -0.4 is 0 Å². The van der Waals surface area contributed by atoms with Gasteiger partial charge in [0.15, 0.2) is 5.78 Å². The van der Waals surface area contributed by atoms with Gasteiger partial charge >= 0.3 is 0 Å². The number of carbonyl (C=O) groups is 2. The van der Waals surface area contributed by atoms with Gasteiger partial charge in [0, 0.05) is 49.2 Å². The summed E-state index contributed by atoms with van der Waals surface area (Å²) in [4.78, 5) is 30.4. The number of carbonyl (C=O) groups excluding carboxylic acids is 2. The minimum Gasteiger partial charge on any atom is -0.339 e. The van der Waals surface area contributed by atoms with Gasteiger partial charge in [0.05, 0.1) is 11.4 Å². The van der Waals surface area contributed by atoms with Crippen molar-refractivity contribution >= 4 is 33.1 Å². The van der Waals surface area contributed by atoms with Gasteiger partial charge in [-0.05, 0) is 61.2 Å². The third-order valence-electron chi connectivity index (χ3n) is 7.01. The highest BCUT2D eigenvalue weighted by Crippen LogP contribution is 2.48. The molecule has 0 unspecified atom stereocenters. The van der Waals surface area contributed by atoms with E-state index in [0.717, 1.165) is 13.0 Å². The smallest absolute Gasteiger partial charge is 0.243 e. The van der Waals surface area contributed by atoms with Crippen molar-refractivity contribution in [3.63, 3.8) is 0 Å². The standard InChI is InChI=1S/C24H29N3O4S2/c1-17(28)18-4-6-20(7-5-18)33(30,31)27-13-11-25(12-14-27)23(29)16-26-10-8-22-21(9-15-32-22)24(26)19-2-3-19/h4-7,9,15,19,24H,2-3,8,10-14,16H2,1H3/t24-/m0/s1. The van der Waals surface area contributed by atoms with Crippen molar-refractivity contribution in [1.29, 1.82) is 0 Å². The Morgan fingerprint density at radius 1 is 1.00 bits per heavy atom. The first-order valence-corrected chi connectivity index (χ1v) is 13.9. The molecule has 1 aromatic carbocycles. The lowest BCUT2D eigenvalue weighted by molar-refractivity contribution is -0.134. The number of fused-ring (bicyclic) bond motifs is 1. The molecule has 1 atom stereocenters. The summed E-state index contributed by atoms with van der Waals surface area (Å²) in [6, 6.07) is 8.63. The van der Waals surface area contributed by atoms with E-state index in [1.165, 1.54) is 46.6 Å². The highest BCUT2D eigenvalue weighted by molar-refractivity contribution is 7.89. The summed E-state index contributed by atoms with van der Waals surface area (Å²) in [5, 5.41) is 2.17. The summed E-state index contributed by atoms with van der Waals surface area (Å²) >= 11 is 1.82. The van der Waals surface area contributed by atoms with Crippen molar-refractivity contribution in [1.82, 2.24) is 14.1 Å². The maximum Gasteiger partial charge on any atom is 0.243 e. The SMILES string of the molecule is CC(=O)c1ccc(S(=O)(=O)N2CCN(C(=O)CN3CCc4sccc4[C@@H]3C3CC3)CC2)cc1. The largest absolute Gasteiger partial charge is 0.339 e. The van der Waals surface area contributed by atoms with E-state index in [9.17, 15) is 18.0 Å². The van der Waals surface area contributed by atoms with Crippen molar-refractivity contribution < 1.29 is 18.0 Å². The van der Waals surface area contributed by atoms with Gasteiger partial charge in [0.1, 0.15) is 0 Å². The predicted octanol–water partition coefficient (Wildman–Crippen LogP) is 2.79. The second-order valence-electron chi connectivity index (χ2n) is 9.17. The van der Waals surface area contributed by atoms with Crippen LogP contribution >= 0.6 is 11.3 Å². The molecule has 3 aliphatic rings. The van der Waals surface area contributed by atoms with Crippen molar-refractivity contribution in [2.75, 3.05) is 39.3 Å². The number of sulfonamides is 1. The average Bonchev–Trinajstić information content (AvgIpc) is 3.54. The lowest BCUT2D eigenvalue weighted by Crippen LogP contribution is -2.53. The normalized spacial score (nSPS) is 22.2.